The maximum absolute atomic E-state index is 12.0. The number of ether oxygens (including phenoxy) is 2. The van der Waals surface area contributed by atoms with Gasteiger partial charge in [-0.3, -0.25) is 19.8 Å². The smallest absolute Gasteiger partial charge is 0.328 e. The zero-order valence-corrected chi connectivity index (χ0v) is 19.4. The number of urea groups is 1. The molecule has 0 spiro atoms. The van der Waals surface area contributed by atoms with E-state index in [-0.39, 0.29) is 24.0 Å². The number of likely N-dealkylation sites (tertiary alicyclic amines) is 1. The van der Waals surface area contributed by atoms with Crippen LogP contribution in [-0.2, 0) is 14.3 Å². The van der Waals surface area contributed by atoms with Gasteiger partial charge in [-0.2, -0.15) is 0 Å². The Labute approximate surface area is 190 Å². The number of amides is 3. The van der Waals surface area contributed by atoms with Gasteiger partial charge in [0.2, 0.25) is 5.91 Å². The lowest BCUT2D eigenvalue weighted by molar-refractivity contribution is -0.154. The molecule has 2 aliphatic heterocycles. The van der Waals surface area contributed by atoms with Gasteiger partial charge in [0.15, 0.2) is 0 Å². The Morgan fingerprint density at radius 1 is 1.06 bits per heavy atom. The van der Waals surface area contributed by atoms with Crippen molar-refractivity contribution in [3.63, 3.8) is 0 Å². The van der Waals surface area contributed by atoms with Crippen molar-refractivity contribution in [2.75, 3.05) is 31.1 Å². The van der Waals surface area contributed by atoms with Crippen LogP contribution in [0.15, 0.2) is 24.3 Å². The lowest BCUT2D eigenvalue weighted by Gasteiger charge is -2.32. The summed E-state index contributed by atoms with van der Waals surface area (Å²) in [6.07, 6.45) is 4.72. The van der Waals surface area contributed by atoms with Gasteiger partial charge >= 0.3 is 12.0 Å². The van der Waals surface area contributed by atoms with E-state index in [2.05, 4.69) is 10.2 Å². The number of anilines is 1. The highest BCUT2D eigenvalue weighted by atomic mass is 16.6. The van der Waals surface area contributed by atoms with Crippen LogP contribution in [0.3, 0.4) is 0 Å². The Morgan fingerprint density at radius 2 is 1.75 bits per heavy atom. The van der Waals surface area contributed by atoms with E-state index in [0.717, 1.165) is 56.8 Å². The van der Waals surface area contributed by atoms with Crippen molar-refractivity contribution >= 4 is 23.6 Å². The molecule has 0 aromatic heterocycles. The molecule has 0 bridgehead atoms. The molecule has 176 valence electrons. The van der Waals surface area contributed by atoms with Crippen LogP contribution < -0.4 is 15.0 Å². The SMILES string of the molecule is CC(C)(C)OC(=O)CCCCN1CCC(Oc2ccc(N3CCC(=O)NC3=O)cc2)CC1. The van der Waals surface area contributed by atoms with Crippen LogP contribution >= 0.6 is 0 Å². The summed E-state index contributed by atoms with van der Waals surface area (Å²) in [7, 11) is 0. The Kier molecular flexibility index (Phi) is 8.12. The first kappa shape index (κ1) is 24.0. The second kappa shape index (κ2) is 10.8. The summed E-state index contributed by atoms with van der Waals surface area (Å²) >= 11 is 0. The molecule has 32 heavy (non-hydrogen) atoms. The summed E-state index contributed by atoms with van der Waals surface area (Å²) in [4.78, 5) is 39.0. The Bertz CT molecular complexity index is 795. The topological polar surface area (TPSA) is 88.2 Å². The molecule has 8 heteroatoms. The molecule has 0 radical (unpaired) electrons. The lowest BCUT2D eigenvalue weighted by atomic mass is 10.1. The largest absolute Gasteiger partial charge is 0.490 e. The van der Waals surface area contributed by atoms with Gasteiger partial charge in [0, 0.05) is 38.2 Å². The van der Waals surface area contributed by atoms with Crippen LogP contribution in [0.4, 0.5) is 10.5 Å². The maximum Gasteiger partial charge on any atom is 0.328 e. The summed E-state index contributed by atoms with van der Waals surface area (Å²) in [5.41, 5.74) is 0.339. The number of piperidine rings is 1. The summed E-state index contributed by atoms with van der Waals surface area (Å²) in [5, 5.41) is 2.33. The van der Waals surface area contributed by atoms with Gasteiger partial charge in [0.25, 0.3) is 0 Å². The van der Waals surface area contributed by atoms with Crippen LogP contribution in [-0.4, -0.2) is 60.7 Å². The van der Waals surface area contributed by atoms with Gasteiger partial charge < -0.3 is 14.4 Å². The monoisotopic (exact) mass is 445 g/mol. The number of carbonyl (C=O) groups is 3. The predicted octanol–water partition coefficient (Wildman–Crippen LogP) is 3.49. The molecule has 3 rings (SSSR count). The molecule has 8 nitrogen and oxygen atoms in total. The number of unbranched alkanes of at least 4 members (excludes halogenated alkanes) is 1. The van der Waals surface area contributed by atoms with Gasteiger partial charge in [-0.25, -0.2) is 4.79 Å². The average molecular weight is 446 g/mol. The van der Waals surface area contributed by atoms with Crippen LogP contribution in [0.1, 0.15) is 59.3 Å². The van der Waals surface area contributed by atoms with Crippen LogP contribution in [0.2, 0.25) is 0 Å². The van der Waals surface area contributed by atoms with Crippen molar-refractivity contribution in [3.8, 4) is 5.75 Å². The number of nitrogens with zero attached hydrogens (tertiary/aromatic N) is 2. The molecule has 0 unspecified atom stereocenters. The fourth-order valence-electron chi connectivity index (χ4n) is 3.96. The minimum atomic E-state index is -0.415. The third kappa shape index (κ3) is 7.51. The number of imide groups is 1. The van der Waals surface area contributed by atoms with Crippen molar-refractivity contribution in [3.05, 3.63) is 24.3 Å². The number of benzene rings is 1. The first-order chi connectivity index (χ1) is 15.2. The van der Waals surface area contributed by atoms with E-state index in [1.54, 1.807) is 4.90 Å². The standard InChI is InChI=1S/C24H35N3O5/c1-24(2,3)32-22(29)6-4-5-14-26-15-11-20(12-16-26)31-19-9-7-18(8-10-19)27-17-13-21(28)25-23(27)30/h7-10,20H,4-6,11-17H2,1-3H3,(H,25,28,30). The zero-order valence-electron chi connectivity index (χ0n) is 19.4. The summed E-state index contributed by atoms with van der Waals surface area (Å²) in [6, 6.07) is 7.08. The third-order valence-corrected chi connectivity index (χ3v) is 5.56. The molecular formula is C24H35N3O5. The van der Waals surface area contributed by atoms with E-state index in [1.807, 2.05) is 45.0 Å². The highest BCUT2D eigenvalue weighted by Gasteiger charge is 2.25. The van der Waals surface area contributed by atoms with Crippen LogP contribution in [0.25, 0.3) is 0 Å². The van der Waals surface area contributed by atoms with Crippen molar-refractivity contribution in [2.45, 2.75) is 71.0 Å². The van der Waals surface area contributed by atoms with Crippen LogP contribution in [0.5, 0.6) is 5.75 Å². The number of carbonyl (C=O) groups excluding carboxylic acids is 3. The zero-order chi connectivity index (χ0) is 23.1. The number of hydrogen-bond donors (Lipinski definition) is 1. The van der Waals surface area contributed by atoms with Gasteiger partial charge in [0.05, 0.1) is 0 Å². The summed E-state index contributed by atoms with van der Waals surface area (Å²) in [6.45, 7) is 9.02. The highest BCUT2D eigenvalue weighted by Crippen LogP contribution is 2.24. The molecular weight excluding hydrogens is 410 g/mol. The lowest BCUT2D eigenvalue weighted by Crippen LogP contribution is -2.49. The maximum atomic E-state index is 12.0. The Morgan fingerprint density at radius 3 is 2.38 bits per heavy atom. The normalized spacial score (nSPS) is 18.4. The molecule has 0 saturated carbocycles. The van der Waals surface area contributed by atoms with Gasteiger partial charge in [0.1, 0.15) is 17.5 Å². The van der Waals surface area contributed by atoms with Crippen molar-refractivity contribution in [1.82, 2.24) is 10.2 Å². The van der Waals surface area contributed by atoms with Crippen LogP contribution in [0, 0.1) is 0 Å². The van der Waals surface area contributed by atoms with E-state index in [1.165, 1.54) is 0 Å². The molecule has 2 heterocycles. The molecule has 3 amide bonds. The molecule has 0 aliphatic carbocycles. The van der Waals surface area contributed by atoms with Gasteiger partial charge in [-0.15, -0.1) is 0 Å². The second-order valence-corrected chi connectivity index (χ2v) is 9.45. The molecule has 0 atom stereocenters. The van der Waals surface area contributed by atoms with Crippen molar-refractivity contribution in [2.24, 2.45) is 0 Å². The third-order valence-electron chi connectivity index (χ3n) is 5.56. The first-order valence-corrected chi connectivity index (χ1v) is 11.5. The molecule has 2 fully saturated rings. The van der Waals surface area contributed by atoms with E-state index < -0.39 is 5.60 Å². The van der Waals surface area contributed by atoms with Crippen molar-refractivity contribution < 1.29 is 23.9 Å². The molecule has 2 aliphatic rings. The van der Waals surface area contributed by atoms with Gasteiger partial charge in [-0.1, -0.05) is 0 Å². The van der Waals surface area contributed by atoms with E-state index in [4.69, 9.17) is 9.47 Å². The Hall–Kier alpha value is -2.61. The minimum absolute atomic E-state index is 0.120. The second-order valence-electron chi connectivity index (χ2n) is 9.45. The number of nitrogens with one attached hydrogen (secondary N) is 1. The predicted molar refractivity (Wildman–Crippen MR) is 122 cm³/mol. The molecule has 1 aromatic rings. The summed E-state index contributed by atoms with van der Waals surface area (Å²) in [5.74, 6) is 0.434. The Balaban J connectivity index is 1.34. The molecule has 2 saturated heterocycles. The fourth-order valence-corrected chi connectivity index (χ4v) is 3.96. The number of hydrogen-bond acceptors (Lipinski definition) is 6. The highest BCUT2D eigenvalue weighted by molar-refractivity contribution is 6.05. The minimum Gasteiger partial charge on any atom is -0.490 e. The van der Waals surface area contributed by atoms with E-state index >= 15 is 0 Å². The average Bonchev–Trinajstić information content (AvgIpc) is 2.72. The molecule has 1 aromatic carbocycles. The number of rotatable bonds is 8. The summed E-state index contributed by atoms with van der Waals surface area (Å²) < 4.78 is 11.5. The quantitative estimate of drug-likeness (QED) is 0.487. The van der Waals surface area contributed by atoms with Gasteiger partial charge in [-0.05, 0) is 77.3 Å². The first-order valence-electron chi connectivity index (χ1n) is 11.5. The van der Waals surface area contributed by atoms with E-state index in [9.17, 15) is 14.4 Å². The molecule has 1 N–H and O–H groups in total. The fraction of sp³-hybridized carbons (Fsp3) is 0.625. The van der Waals surface area contributed by atoms with E-state index in [0.29, 0.717) is 19.4 Å². The van der Waals surface area contributed by atoms with Crippen molar-refractivity contribution in [1.29, 1.82) is 0 Å². The number of esters is 1.